The second-order valence-corrected chi connectivity index (χ2v) is 8.56. The van der Waals surface area contributed by atoms with E-state index < -0.39 is 4.92 Å². The third-order valence-electron chi connectivity index (χ3n) is 6.20. The number of allylic oxidation sites excluding steroid dienone is 1. The van der Waals surface area contributed by atoms with Gasteiger partial charge in [0.2, 0.25) is 5.82 Å². The Kier molecular flexibility index (Phi) is 7.18. The molecule has 1 aliphatic carbocycles. The number of aromatic nitrogens is 1. The SMILES string of the molecule is CCC1CC(CC)C(OC(=O)N2CCC(Nc3ncc(Cl)cc3[N+](=O)[O-])C2)C=C1C. The van der Waals surface area contributed by atoms with Crippen molar-refractivity contribution < 1.29 is 14.5 Å². The summed E-state index contributed by atoms with van der Waals surface area (Å²) in [5.74, 6) is 1.06. The lowest BCUT2D eigenvalue weighted by Crippen LogP contribution is -2.38. The normalized spacial score (nSPS) is 26.3. The predicted octanol–water partition coefficient (Wildman–Crippen LogP) is 5.04. The van der Waals surface area contributed by atoms with Crippen LogP contribution < -0.4 is 5.32 Å². The molecule has 9 heteroatoms. The number of ether oxygens (including phenoxy) is 1. The lowest BCUT2D eigenvalue weighted by Gasteiger charge is -2.34. The summed E-state index contributed by atoms with van der Waals surface area (Å²) >= 11 is 5.82. The Balaban J connectivity index is 1.61. The number of likely N-dealkylation sites (tertiary alicyclic amines) is 1. The number of hydrogen-bond acceptors (Lipinski definition) is 6. The number of amides is 1. The van der Waals surface area contributed by atoms with E-state index in [9.17, 15) is 14.9 Å². The Morgan fingerprint density at radius 1 is 1.43 bits per heavy atom. The van der Waals surface area contributed by atoms with Gasteiger partial charge in [-0.05, 0) is 44.6 Å². The van der Waals surface area contributed by atoms with Crippen molar-refractivity contribution in [2.24, 2.45) is 11.8 Å². The molecule has 30 heavy (non-hydrogen) atoms. The number of pyridine rings is 1. The first-order valence-electron chi connectivity index (χ1n) is 10.5. The molecule has 1 aliphatic heterocycles. The first-order chi connectivity index (χ1) is 14.3. The van der Waals surface area contributed by atoms with E-state index in [2.05, 4.69) is 37.1 Å². The van der Waals surface area contributed by atoms with E-state index in [1.165, 1.54) is 17.8 Å². The van der Waals surface area contributed by atoms with Crippen molar-refractivity contribution in [1.82, 2.24) is 9.88 Å². The first-order valence-corrected chi connectivity index (χ1v) is 10.9. The van der Waals surface area contributed by atoms with Gasteiger partial charge in [0, 0.05) is 37.3 Å². The summed E-state index contributed by atoms with van der Waals surface area (Å²) in [5.41, 5.74) is 1.12. The Morgan fingerprint density at radius 2 is 2.20 bits per heavy atom. The van der Waals surface area contributed by atoms with E-state index in [-0.39, 0.29) is 34.8 Å². The molecule has 0 spiro atoms. The molecule has 2 aliphatic rings. The van der Waals surface area contributed by atoms with Crippen LogP contribution in [0.5, 0.6) is 0 Å². The van der Waals surface area contributed by atoms with E-state index in [0.717, 1.165) is 19.3 Å². The van der Waals surface area contributed by atoms with Crippen LogP contribution >= 0.6 is 11.6 Å². The zero-order valence-corrected chi connectivity index (χ0v) is 18.4. The van der Waals surface area contributed by atoms with Crippen molar-refractivity contribution in [2.75, 3.05) is 18.4 Å². The highest BCUT2D eigenvalue weighted by atomic mass is 35.5. The lowest BCUT2D eigenvalue weighted by atomic mass is 9.77. The highest BCUT2D eigenvalue weighted by Gasteiger charge is 2.34. The van der Waals surface area contributed by atoms with Crippen LogP contribution in [0.25, 0.3) is 0 Å². The van der Waals surface area contributed by atoms with Gasteiger partial charge in [-0.2, -0.15) is 0 Å². The Hall–Kier alpha value is -2.35. The second kappa shape index (κ2) is 9.64. The summed E-state index contributed by atoms with van der Waals surface area (Å²) < 4.78 is 5.86. The zero-order chi connectivity index (χ0) is 21.8. The molecule has 0 bridgehead atoms. The third-order valence-corrected chi connectivity index (χ3v) is 6.40. The van der Waals surface area contributed by atoms with Crippen molar-refractivity contribution in [1.29, 1.82) is 0 Å². The molecule has 8 nitrogen and oxygen atoms in total. The van der Waals surface area contributed by atoms with Crippen LogP contribution in [0, 0.1) is 22.0 Å². The maximum atomic E-state index is 12.8. The molecule has 1 fully saturated rings. The molecule has 1 aromatic rings. The van der Waals surface area contributed by atoms with Crippen LogP contribution in [-0.4, -0.2) is 46.1 Å². The average molecular weight is 437 g/mol. The summed E-state index contributed by atoms with van der Waals surface area (Å²) in [7, 11) is 0. The molecule has 0 saturated carbocycles. The predicted molar refractivity (Wildman–Crippen MR) is 116 cm³/mol. The molecule has 4 atom stereocenters. The summed E-state index contributed by atoms with van der Waals surface area (Å²) in [5, 5.41) is 14.5. The molecule has 0 aromatic carbocycles. The number of hydrogen-bond donors (Lipinski definition) is 1. The average Bonchev–Trinajstić information content (AvgIpc) is 3.18. The van der Waals surface area contributed by atoms with Gasteiger partial charge < -0.3 is 15.0 Å². The largest absolute Gasteiger partial charge is 0.442 e. The number of rotatable bonds is 6. The second-order valence-electron chi connectivity index (χ2n) is 8.12. The molecular weight excluding hydrogens is 408 g/mol. The van der Waals surface area contributed by atoms with E-state index in [1.807, 2.05) is 0 Å². The van der Waals surface area contributed by atoms with Gasteiger partial charge in [0.1, 0.15) is 6.10 Å². The molecule has 1 saturated heterocycles. The molecule has 1 aromatic heterocycles. The van der Waals surface area contributed by atoms with Crippen LogP contribution in [-0.2, 0) is 4.74 Å². The first kappa shape index (κ1) is 22.3. The van der Waals surface area contributed by atoms with Gasteiger partial charge in [-0.1, -0.05) is 31.0 Å². The molecule has 1 amide bonds. The maximum absolute atomic E-state index is 12.8. The van der Waals surface area contributed by atoms with Crippen LogP contribution in [0.3, 0.4) is 0 Å². The smallest absolute Gasteiger partial charge is 0.410 e. The quantitative estimate of drug-likeness (QED) is 0.381. The summed E-state index contributed by atoms with van der Waals surface area (Å²) in [6, 6.07) is 1.13. The molecule has 0 radical (unpaired) electrons. The number of nitro groups is 1. The monoisotopic (exact) mass is 436 g/mol. The van der Waals surface area contributed by atoms with Crippen molar-refractivity contribution in [3.8, 4) is 0 Å². The highest BCUT2D eigenvalue weighted by Crippen LogP contribution is 2.35. The topological polar surface area (TPSA) is 97.6 Å². The van der Waals surface area contributed by atoms with Crippen LogP contribution in [0.15, 0.2) is 23.9 Å². The van der Waals surface area contributed by atoms with E-state index in [0.29, 0.717) is 31.3 Å². The number of carbonyl (C=O) groups excluding carboxylic acids is 1. The number of halogens is 1. The standard InChI is InChI=1S/C21H29ClN4O4/c1-4-14-9-15(5-2)19(8-13(14)3)30-21(27)25-7-6-17(12-25)24-20-18(26(28)29)10-16(22)11-23-20/h8,10-11,14-15,17,19H,4-7,9,12H2,1-3H3,(H,23,24). The van der Waals surface area contributed by atoms with Gasteiger partial charge in [0.25, 0.3) is 0 Å². The Morgan fingerprint density at radius 3 is 2.87 bits per heavy atom. The van der Waals surface area contributed by atoms with Crippen LogP contribution in [0.2, 0.25) is 5.02 Å². The minimum absolute atomic E-state index is 0.139. The molecule has 164 valence electrons. The van der Waals surface area contributed by atoms with Crippen molar-refractivity contribution >= 4 is 29.2 Å². The summed E-state index contributed by atoms with van der Waals surface area (Å²) in [6.45, 7) is 7.38. The van der Waals surface area contributed by atoms with Gasteiger partial charge in [-0.15, -0.1) is 0 Å². The number of anilines is 1. The summed E-state index contributed by atoms with van der Waals surface area (Å²) in [6.07, 6.45) is 6.71. The highest BCUT2D eigenvalue weighted by molar-refractivity contribution is 6.30. The molecular formula is C21H29ClN4O4. The van der Waals surface area contributed by atoms with Gasteiger partial charge >= 0.3 is 11.8 Å². The van der Waals surface area contributed by atoms with E-state index in [4.69, 9.17) is 16.3 Å². The van der Waals surface area contributed by atoms with Gasteiger partial charge in [0.05, 0.1) is 9.95 Å². The maximum Gasteiger partial charge on any atom is 0.410 e. The van der Waals surface area contributed by atoms with E-state index in [1.54, 1.807) is 4.90 Å². The number of nitrogens with one attached hydrogen (secondary N) is 1. The van der Waals surface area contributed by atoms with Gasteiger partial charge in [-0.25, -0.2) is 9.78 Å². The molecule has 4 unspecified atom stereocenters. The molecule has 1 N–H and O–H groups in total. The Bertz CT molecular complexity index is 831. The van der Waals surface area contributed by atoms with Crippen molar-refractivity contribution in [3.05, 3.63) is 39.0 Å². The van der Waals surface area contributed by atoms with Crippen molar-refractivity contribution in [3.63, 3.8) is 0 Å². The number of carbonyl (C=O) groups is 1. The fraction of sp³-hybridized carbons (Fsp3) is 0.619. The Labute approximate surface area is 181 Å². The minimum atomic E-state index is -0.519. The number of nitrogens with zero attached hydrogens (tertiary/aromatic N) is 3. The van der Waals surface area contributed by atoms with Crippen LogP contribution in [0.4, 0.5) is 16.3 Å². The molecule has 3 rings (SSSR count). The zero-order valence-electron chi connectivity index (χ0n) is 17.6. The summed E-state index contributed by atoms with van der Waals surface area (Å²) in [4.78, 5) is 29.2. The van der Waals surface area contributed by atoms with Crippen molar-refractivity contribution in [2.45, 2.75) is 58.6 Å². The minimum Gasteiger partial charge on any atom is -0.442 e. The molecule has 2 heterocycles. The van der Waals surface area contributed by atoms with Crippen LogP contribution in [0.1, 0.15) is 46.5 Å². The van der Waals surface area contributed by atoms with Gasteiger partial charge in [0.15, 0.2) is 0 Å². The fourth-order valence-electron chi connectivity index (χ4n) is 4.34. The lowest BCUT2D eigenvalue weighted by molar-refractivity contribution is -0.384. The van der Waals surface area contributed by atoms with E-state index >= 15 is 0 Å². The van der Waals surface area contributed by atoms with Gasteiger partial charge in [-0.3, -0.25) is 10.1 Å². The fourth-order valence-corrected chi connectivity index (χ4v) is 4.49. The third kappa shape index (κ3) is 5.03.